The van der Waals surface area contributed by atoms with Gasteiger partial charge in [0.1, 0.15) is 5.82 Å². The van der Waals surface area contributed by atoms with Gasteiger partial charge in [-0.15, -0.1) is 11.6 Å². The summed E-state index contributed by atoms with van der Waals surface area (Å²) in [7, 11) is 0.0107. The van der Waals surface area contributed by atoms with Crippen molar-refractivity contribution in [3.63, 3.8) is 0 Å². The second kappa shape index (κ2) is 6.60. The van der Waals surface area contributed by atoms with E-state index in [1.54, 1.807) is 30.1 Å². The second-order valence-electron chi connectivity index (χ2n) is 4.92. The minimum atomic E-state index is -3.39. The molecule has 0 unspecified atom stereocenters. The number of benzene rings is 1. The van der Waals surface area contributed by atoms with Gasteiger partial charge in [0.2, 0.25) is 10.0 Å². The Bertz CT molecular complexity index is 713. The first-order valence-electron chi connectivity index (χ1n) is 6.46. The van der Waals surface area contributed by atoms with Crippen molar-refractivity contribution < 1.29 is 8.42 Å². The van der Waals surface area contributed by atoms with E-state index in [4.69, 9.17) is 11.6 Å². The average molecular weight is 328 g/mol. The Hall–Kier alpha value is -1.37. The SMILES string of the molecule is CN(Cc1nccn1C)S(=O)(=O)Cc1cccc(CCl)c1. The zero-order chi connectivity index (χ0) is 15.5. The topological polar surface area (TPSA) is 55.2 Å². The molecule has 2 aromatic rings. The summed E-state index contributed by atoms with van der Waals surface area (Å²) >= 11 is 5.77. The Morgan fingerprint density at radius 3 is 2.67 bits per heavy atom. The van der Waals surface area contributed by atoms with E-state index in [1.165, 1.54) is 4.31 Å². The van der Waals surface area contributed by atoms with Crippen molar-refractivity contribution in [2.45, 2.75) is 18.2 Å². The number of hydrogen-bond acceptors (Lipinski definition) is 3. The molecule has 0 amide bonds. The second-order valence-corrected chi connectivity index (χ2v) is 7.26. The van der Waals surface area contributed by atoms with Crippen molar-refractivity contribution >= 4 is 21.6 Å². The molecule has 0 spiro atoms. The number of aryl methyl sites for hydroxylation is 1. The van der Waals surface area contributed by atoms with Gasteiger partial charge in [0.25, 0.3) is 0 Å². The molecule has 7 heteroatoms. The van der Waals surface area contributed by atoms with Crippen LogP contribution in [0.3, 0.4) is 0 Å². The highest BCUT2D eigenvalue weighted by Gasteiger charge is 2.20. The molecule has 0 radical (unpaired) electrons. The zero-order valence-corrected chi connectivity index (χ0v) is 13.6. The molecule has 1 aromatic heterocycles. The van der Waals surface area contributed by atoms with Crippen LogP contribution >= 0.6 is 11.6 Å². The van der Waals surface area contributed by atoms with E-state index >= 15 is 0 Å². The van der Waals surface area contributed by atoms with Crippen molar-refractivity contribution in [1.29, 1.82) is 0 Å². The fourth-order valence-electron chi connectivity index (χ4n) is 1.97. The van der Waals surface area contributed by atoms with Crippen LogP contribution in [0.1, 0.15) is 17.0 Å². The number of aromatic nitrogens is 2. The molecule has 0 aliphatic rings. The molecule has 0 fully saturated rings. The van der Waals surface area contributed by atoms with Crippen LogP contribution in [-0.2, 0) is 35.2 Å². The van der Waals surface area contributed by atoms with Gasteiger partial charge in [0.05, 0.1) is 12.3 Å². The standard InChI is InChI=1S/C14H18ClN3O2S/c1-17-7-6-16-14(17)10-18(2)21(19,20)11-13-5-3-4-12(8-13)9-15/h3-8H,9-11H2,1-2H3. The third-order valence-corrected chi connectivity index (χ3v) is 5.34. The van der Waals surface area contributed by atoms with Crippen molar-refractivity contribution in [2.75, 3.05) is 7.05 Å². The summed E-state index contributed by atoms with van der Waals surface area (Å²) in [5.41, 5.74) is 1.65. The van der Waals surface area contributed by atoms with Crippen LogP contribution in [0.4, 0.5) is 0 Å². The first-order chi connectivity index (χ1) is 9.92. The summed E-state index contributed by atoms with van der Waals surface area (Å²) in [4.78, 5) is 4.14. The van der Waals surface area contributed by atoms with E-state index in [9.17, 15) is 8.42 Å². The molecule has 114 valence electrons. The van der Waals surface area contributed by atoms with E-state index in [0.29, 0.717) is 11.7 Å². The molecule has 0 aliphatic heterocycles. The lowest BCUT2D eigenvalue weighted by molar-refractivity contribution is 0.450. The Labute approximate surface area is 130 Å². The lowest BCUT2D eigenvalue weighted by Gasteiger charge is -2.17. The number of alkyl halides is 1. The number of rotatable bonds is 6. The fraction of sp³-hybridized carbons (Fsp3) is 0.357. The molecule has 0 N–H and O–H groups in total. The van der Waals surface area contributed by atoms with Crippen molar-refractivity contribution in [2.24, 2.45) is 7.05 Å². The van der Waals surface area contributed by atoms with Gasteiger partial charge < -0.3 is 4.57 Å². The smallest absolute Gasteiger partial charge is 0.218 e. The van der Waals surface area contributed by atoms with Gasteiger partial charge >= 0.3 is 0 Å². The van der Waals surface area contributed by atoms with Gasteiger partial charge in [0.15, 0.2) is 0 Å². The van der Waals surface area contributed by atoms with Crippen LogP contribution in [0, 0.1) is 0 Å². The van der Waals surface area contributed by atoms with Gasteiger partial charge in [-0.25, -0.2) is 13.4 Å². The third kappa shape index (κ3) is 4.06. The molecule has 0 aliphatic carbocycles. The molecule has 2 rings (SSSR count). The van der Waals surface area contributed by atoms with Gasteiger partial charge in [-0.2, -0.15) is 4.31 Å². The molecule has 0 bridgehead atoms. The molecule has 0 saturated carbocycles. The lowest BCUT2D eigenvalue weighted by atomic mass is 10.2. The summed E-state index contributed by atoms with van der Waals surface area (Å²) in [6.45, 7) is 0.251. The maximum atomic E-state index is 12.4. The average Bonchev–Trinajstić information content (AvgIpc) is 2.84. The molecule has 0 atom stereocenters. The highest BCUT2D eigenvalue weighted by Crippen LogP contribution is 2.14. The number of halogens is 1. The van der Waals surface area contributed by atoms with Crippen LogP contribution in [0.2, 0.25) is 0 Å². The van der Waals surface area contributed by atoms with Crippen molar-refractivity contribution in [3.8, 4) is 0 Å². The molecular formula is C14H18ClN3O2S. The van der Waals surface area contributed by atoms with Crippen LogP contribution in [0.15, 0.2) is 36.7 Å². The van der Waals surface area contributed by atoms with Gasteiger partial charge in [-0.3, -0.25) is 0 Å². The third-order valence-electron chi connectivity index (χ3n) is 3.25. The maximum absolute atomic E-state index is 12.4. The minimum Gasteiger partial charge on any atom is -0.337 e. The normalized spacial score (nSPS) is 12.0. The fourth-order valence-corrected chi connectivity index (χ4v) is 3.27. The number of nitrogens with zero attached hydrogens (tertiary/aromatic N) is 3. The number of imidazole rings is 1. The van der Waals surface area contributed by atoms with Gasteiger partial charge in [-0.1, -0.05) is 24.3 Å². The summed E-state index contributed by atoms with van der Waals surface area (Å²) < 4.78 is 27.9. The Kier molecular flexibility index (Phi) is 5.03. The van der Waals surface area contributed by atoms with Crippen molar-refractivity contribution in [3.05, 3.63) is 53.6 Å². The summed E-state index contributed by atoms with van der Waals surface area (Å²) in [5.74, 6) is 1.03. The Balaban J connectivity index is 2.12. The molecule has 21 heavy (non-hydrogen) atoms. The predicted octanol–water partition coefficient (Wildman–Crippen LogP) is 2.12. The first-order valence-corrected chi connectivity index (χ1v) is 8.61. The quantitative estimate of drug-likeness (QED) is 0.764. The summed E-state index contributed by atoms with van der Waals surface area (Å²) in [6, 6.07) is 7.31. The predicted molar refractivity (Wildman–Crippen MR) is 83.3 cm³/mol. The van der Waals surface area contributed by atoms with Crippen molar-refractivity contribution in [1.82, 2.24) is 13.9 Å². The molecule has 0 saturated heterocycles. The van der Waals surface area contributed by atoms with E-state index in [1.807, 2.05) is 25.2 Å². The van der Waals surface area contributed by atoms with E-state index in [2.05, 4.69) is 4.98 Å². The van der Waals surface area contributed by atoms with E-state index in [-0.39, 0.29) is 12.3 Å². The highest BCUT2D eigenvalue weighted by molar-refractivity contribution is 7.88. The molecule has 1 heterocycles. The number of sulfonamides is 1. The van der Waals surface area contributed by atoms with Crippen LogP contribution in [-0.4, -0.2) is 29.3 Å². The Morgan fingerprint density at radius 2 is 2.05 bits per heavy atom. The van der Waals surface area contributed by atoms with E-state index in [0.717, 1.165) is 11.1 Å². The lowest BCUT2D eigenvalue weighted by Crippen LogP contribution is -2.28. The highest BCUT2D eigenvalue weighted by atomic mass is 35.5. The summed E-state index contributed by atoms with van der Waals surface area (Å²) in [6.07, 6.45) is 3.44. The maximum Gasteiger partial charge on any atom is 0.218 e. The zero-order valence-electron chi connectivity index (χ0n) is 12.0. The largest absolute Gasteiger partial charge is 0.337 e. The van der Waals surface area contributed by atoms with Gasteiger partial charge in [0, 0.05) is 32.4 Å². The van der Waals surface area contributed by atoms with Crippen LogP contribution in [0.5, 0.6) is 0 Å². The monoisotopic (exact) mass is 327 g/mol. The number of hydrogen-bond donors (Lipinski definition) is 0. The molecular weight excluding hydrogens is 310 g/mol. The summed E-state index contributed by atoms with van der Waals surface area (Å²) in [5, 5.41) is 0. The van der Waals surface area contributed by atoms with Gasteiger partial charge in [-0.05, 0) is 11.1 Å². The van der Waals surface area contributed by atoms with E-state index < -0.39 is 10.0 Å². The molecule has 1 aromatic carbocycles. The van der Waals surface area contributed by atoms with Crippen LogP contribution in [0.25, 0.3) is 0 Å². The molecule has 5 nitrogen and oxygen atoms in total. The minimum absolute atomic E-state index is 0.0430. The Morgan fingerprint density at radius 1 is 1.33 bits per heavy atom. The first kappa shape index (κ1) is 16.0. The van der Waals surface area contributed by atoms with Crippen LogP contribution < -0.4 is 0 Å².